The number of piperidine rings is 1. The number of hydrogen-bond donors (Lipinski definition) is 0. The van der Waals surface area contributed by atoms with Crippen molar-refractivity contribution in [3.8, 4) is 17.2 Å². The van der Waals surface area contributed by atoms with Crippen LogP contribution in [-0.4, -0.2) is 50.5 Å². The number of anilines is 1. The number of ether oxygens (including phenoxy) is 3. The lowest BCUT2D eigenvalue weighted by molar-refractivity contribution is 0.108. The third-order valence-corrected chi connectivity index (χ3v) is 8.90. The summed E-state index contributed by atoms with van der Waals surface area (Å²) >= 11 is 0. The molecule has 4 aliphatic heterocycles. The molecule has 1 atom stereocenters. The van der Waals surface area contributed by atoms with E-state index in [9.17, 15) is 0 Å². The van der Waals surface area contributed by atoms with E-state index in [4.69, 9.17) is 14.2 Å². The van der Waals surface area contributed by atoms with Crippen molar-refractivity contribution in [2.45, 2.75) is 56.4 Å². The Morgan fingerprint density at radius 2 is 1.61 bits per heavy atom. The lowest BCUT2D eigenvalue weighted by Crippen LogP contribution is -2.45. The molecule has 1 unspecified atom stereocenters. The smallest absolute Gasteiger partial charge is 0.231 e. The Labute approximate surface area is 196 Å². The van der Waals surface area contributed by atoms with Gasteiger partial charge in [-0.05, 0) is 62.4 Å². The number of likely N-dealkylation sites (tertiary alicyclic amines) is 1. The number of rotatable bonds is 3. The summed E-state index contributed by atoms with van der Waals surface area (Å²) in [5.41, 5.74) is 3.94. The van der Waals surface area contributed by atoms with Crippen molar-refractivity contribution in [3.05, 3.63) is 47.5 Å². The zero-order valence-electron chi connectivity index (χ0n) is 19.4. The Hall–Kier alpha value is -2.40. The Morgan fingerprint density at radius 3 is 2.45 bits per heavy atom. The van der Waals surface area contributed by atoms with Gasteiger partial charge in [0.25, 0.3) is 0 Å². The van der Waals surface area contributed by atoms with Crippen molar-refractivity contribution in [1.29, 1.82) is 0 Å². The third-order valence-electron chi connectivity index (χ3n) is 8.90. The first-order chi connectivity index (χ1) is 16.3. The minimum Gasteiger partial charge on any atom is -0.492 e. The standard InChI is InChI=1S/C28H34N2O3/c1-2-6-21(7-3-1)29-12-10-20(11-13-29)16-30-17-28(22-8-4-5-9-24(22)30)18-31-25-15-27-26(14-23(25)28)32-19-33-27/h4-5,8-9,14-15,20-21H,1-3,6-7,10-13,16-19H2. The van der Waals surface area contributed by atoms with E-state index in [1.54, 1.807) is 0 Å². The van der Waals surface area contributed by atoms with E-state index in [-0.39, 0.29) is 5.41 Å². The van der Waals surface area contributed by atoms with Gasteiger partial charge >= 0.3 is 0 Å². The van der Waals surface area contributed by atoms with Gasteiger partial charge in [0, 0.05) is 36.4 Å². The largest absolute Gasteiger partial charge is 0.492 e. The lowest BCUT2D eigenvalue weighted by atomic mass is 9.77. The molecule has 4 heterocycles. The number of fused-ring (bicyclic) bond motifs is 5. The van der Waals surface area contributed by atoms with E-state index in [0.717, 1.165) is 42.3 Å². The molecule has 0 N–H and O–H groups in total. The maximum atomic E-state index is 6.27. The van der Waals surface area contributed by atoms with Gasteiger partial charge in [-0.2, -0.15) is 0 Å². The molecule has 7 rings (SSSR count). The van der Waals surface area contributed by atoms with E-state index in [2.05, 4.69) is 40.1 Å². The summed E-state index contributed by atoms with van der Waals surface area (Å²) in [7, 11) is 0. The quantitative estimate of drug-likeness (QED) is 0.666. The summed E-state index contributed by atoms with van der Waals surface area (Å²) in [5, 5.41) is 0. The molecule has 0 amide bonds. The highest BCUT2D eigenvalue weighted by atomic mass is 16.7. The monoisotopic (exact) mass is 446 g/mol. The summed E-state index contributed by atoms with van der Waals surface area (Å²) in [6, 6.07) is 14.0. The van der Waals surface area contributed by atoms with E-state index in [1.165, 1.54) is 74.8 Å². The average Bonchev–Trinajstić information content (AvgIpc) is 3.56. The topological polar surface area (TPSA) is 34.2 Å². The molecule has 1 saturated heterocycles. The minimum absolute atomic E-state index is 0.115. The number of hydrogen-bond acceptors (Lipinski definition) is 5. The van der Waals surface area contributed by atoms with Crippen LogP contribution in [0.25, 0.3) is 0 Å². The van der Waals surface area contributed by atoms with Crippen LogP contribution < -0.4 is 19.1 Å². The van der Waals surface area contributed by atoms with Gasteiger partial charge in [-0.1, -0.05) is 37.5 Å². The number of nitrogens with zero attached hydrogens (tertiary/aromatic N) is 2. The van der Waals surface area contributed by atoms with Crippen LogP contribution in [0.15, 0.2) is 36.4 Å². The lowest BCUT2D eigenvalue weighted by Gasteiger charge is -2.40. The molecule has 1 aliphatic carbocycles. The maximum absolute atomic E-state index is 6.27. The molecular formula is C28H34N2O3. The zero-order chi connectivity index (χ0) is 21.8. The number of benzene rings is 2. The third kappa shape index (κ3) is 3.23. The maximum Gasteiger partial charge on any atom is 0.231 e. The van der Waals surface area contributed by atoms with Crippen LogP contribution in [0.4, 0.5) is 5.69 Å². The minimum atomic E-state index is -0.115. The van der Waals surface area contributed by atoms with Crippen molar-refractivity contribution in [3.63, 3.8) is 0 Å². The van der Waals surface area contributed by atoms with Crippen LogP contribution in [0.2, 0.25) is 0 Å². The summed E-state index contributed by atoms with van der Waals surface area (Å²) < 4.78 is 17.6. The normalized spacial score (nSPS) is 27.1. The first kappa shape index (κ1) is 20.0. The predicted octanol–water partition coefficient (Wildman–Crippen LogP) is 4.96. The predicted molar refractivity (Wildman–Crippen MR) is 129 cm³/mol. The molecule has 2 fully saturated rings. The molecule has 0 radical (unpaired) electrons. The summed E-state index contributed by atoms with van der Waals surface area (Å²) in [6.45, 7) is 5.70. The molecule has 0 aromatic heterocycles. The molecule has 5 aliphatic rings. The van der Waals surface area contributed by atoms with Gasteiger partial charge in [0.15, 0.2) is 11.5 Å². The van der Waals surface area contributed by atoms with Gasteiger partial charge < -0.3 is 24.0 Å². The molecule has 2 aromatic carbocycles. The van der Waals surface area contributed by atoms with Gasteiger partial charge in [-0.3, -0.25) is 0 Å². The zero-order valence-corrected chi connectivity index (χ0v) is 19.4. The molecule has 5 nitrogen and oxygen atoms in total. The van der Waals surface area contributed by atoms with Gasteiger partial charge in [0.1, 0.15) is 12.4 Å². The molecule has 174 valence electrons. The second-order valence-electron chi connectivity index (χ2n) is 10.7. The van der Waals surface area contributed by atoms with Crippen molar-refractivity contribution >= 4 is 5.69 Å². The second-order valence-corrected chi connectivity index (χ2v) is 10.7. The Kier molecular flexibility index (Phi) is 4.75. The van der Waals surface area contributed by atoms with Gasteiger partial charge in [-0.25, -0.2) is 0 Å². The average molecular weight is 447 g/mol. The molecule has 5 heteroatoms. The van der Waals surface area contributed by atoms with Crippen LogP contribution in [0.3, 0.4) is 0 Å². The fourth-order valence-corrected chi connectivity index (χ4v) is 7.12. The fraction of sp³-hybridized carbons (Fsp3) is 0.571. The molecule has 1 spiro atoms. The fourth-order valence-electron chi connectivity index (χ4n) is 7.12. The van der Waals surface area contributed by atoms with Crippen molar-refractivity contribution in [2.24, 2.45) is 5.92 Å². The molecule has 1 saturated carbocycles. The highest BCUT2D eigenvalue weighted by Crippen LogP contribution is 2.54. The Bertz CT molecular complexity index is 1040. The first-order valence-electron chi connectivity index (χ1n) is 13.0. The number of para-hydroxylation sites is 1. The highest BCUT2D eigenvalue weighted by molar-refractivity contribution is 5.70. The Balaban J connectivity index is 1.11. The van der Waals surface area contributed by atoms with Crippen LogP contribution in [0.5, 0.6) is 17.2 Å². The first-order valence-corrected chi connectivity index (χ1v) is 13.0. The molecule has 2 aromatic rings. The van der Waals surface area contributed by atoms with E-state index in [0.29, 0.717) is 13.4 Å². The van der Waals surface area contributed by atoms with Gasteiger partial charge in [-0.15, -0.1) is 0 Å². The molecular weight excluding hydrogens is 412 g/mol. The van der Waals surface area contributed by atoms with Gasteiger partial charge in [0.2, 0.25) is 6.79 Å². The van der Waals surface area contributed by atoms with Crippen molar-refractivity contribution < 1.29 is 14.2 Å². The summed E-state index contributed by atoms with van der Waals surface area (Å²) in [5.74, 6) is 3.38. The van der Waals surface area contributed by atoms with Gasteiger partial charge in [0.05, 0.1) is 5.41 Å². The van der Waals surface area contributed by atoms with E-state index in [1.807, 2.05) is 6.07 Å². The van der Waals surface area contributed by atoms with Crippen molar-refractivity contribution in [2.75, 3.05) is 44.5 Å². The summed E-state index contributed by atoms with van der Waals surface area (Å²) in [6.07, 6.45) is 9.80. The van der Waals surface area contributed by atoms with Crippen LogP contribution in [-0.2, 0) is 5.41 Å². The van der Waals surface area contributed by atoms with E-state index >= 15 is 0 Å². The van der Waals surface area contributed by atoms with Crippen LogP contribution in [0.1, 0.15) is 56.1 Å². The Morgan fingerprint density at radius 1 is 0.818 bits per heavy atom. The highest BCUT2D eigenvalue weighted by Gasteiger charge is 2.50. The SMILES string of the molecule is c1ccc2c(c1)N(CC1CCN(C3CCCCC3)CC1)CC21COc2cc3c(cc21)OCO3. The summed E-state index contributed by atoms with van der Waals surface area (Å²) in [4.78, 5) is 5.46. The molecule has 33 heavy (non-hydrogen) atoms. The van der Waals surface area contributed by atoms with E-state index < -0.39 is 0 Å². The second kappa shape index (κ2) is 7.83. The van der Waals surface area contributed by atoms with Crippen LogP contribution >= 0.6 is 0 Å². The van der Waals surface area contributed by atoms with Crippen LogP contribution in [0, 0.1) is 5.92 Å². The van der Waals surface area contributed by atoms with Crippen molar-refractivity contribution in [1.82, 2.24) is 4.90 Å². The molecule has 0 bridgehead atoms.